The number of carbonyl (C=O) groups is 2. The van der Waals surface area contributed by atoms with Gasteiger partial charge < -0.3 is 14.4 Å². The second kappa shape index (κ2) is 8.75. The molecule has 1 aliphatic heterocycles. The predicted octanol–water partition coefficient (Wildman–Crippen LogP) is 2.96. The molecule has 0 amide bonds. The van der Waals surface area contributed by atoms with Crippen LogP contribution in [0.2, 0.25) is 0 Å². The fourth-order valence-electron chi connectivity index (χ4n) is 3.35. The van der Waals surface area contributed by atoms with Crippen molar-refractivity contribution >= 4 is 11.9 Å². The summed E-state index contributed by atoms with van der Waals surface area (Å²) in [5, 5.41) is 0. The number of likely N-dealkylation sites (tertiary alicyclic amines) is 1. The van der Waals surface area contributed by atoms with Crippen molar-refractivity contribution < 1.29 is 19.1 Å². The van der Waals surface area contributed by atoms with Gasteiger partial charge in [0.25, 0.3) is 0 Å². The quantitative estimate of drug-likeness (QED) is 0.748. The third-order valence-corrected chi connectivity index (χ3v) is 4.56. The molecule has 23 heavy (non-hydrogen) atoms. The first-order chi connectivity index (χ1) is 11.2. The maximum atomic E-state index is 12.5. The van der Waals surface area contributed by atoms with Crippen LogP contribution >= 0.6 is 0 Å². The van der Waals surface area contributed by atoms with E-state index in [2.05, 4.69) is 4.90 Å². The number of nitrogens with zero attached hydrogens (tertiary/aromatic N) is 1. The highest BCUT2D eigenvalue weighted by Crippen LogP contribution is 2.29. The van der Waals surface area contributed by atoms with Gasteiger partial charge in [-0.3, -0.25) is 0 Å². The first-order valence-corrected chi connectivity index (χ1v) is 8.54. The van der Waals surface area contributed by atoms with E-state index in [-0.39, 0.29) is 0 Å². The Balaban J connectivity index is 2.52. The number of ether oxygens (including phenoxy) is 2. The lowest BCUT2D eigenvalue weighted by Crippen LogP contribution is -2.26. The lowest BCUT2D eigenvalue weighted by molar-refractivity contribution is -0.139. The summed E-state index contributed by atoms with van der Waals surface area (Å²) in [4.78, 5) is 27.0. The normalized spacial score (nSPS) is 25.5. The number of rotatable bonds is 3. The molecule has 1 heterocycles. The van der Waals surface area contributed by atoms with Crippen molar-refractivity contribution in [2.75, 3.05) is 27.3 Å². The number of esters is 2. The molecule has 0 saturated carbocycles. The van der Waals surface area contributed by atoms with Gasteiger partial charge in [-0.05, 0) is 38.5 Å². The summed E-state index contributed by atoms with van der Waals surface area (Å²) in [6, 6.07) is 0. The highest BCUT2D eigenvalue weighted by Gasteiger charge is 2.29. The Kier molecular flexibility index (Phi) is 6.68. The van der Waals surface area contributed by atoms with Gasteiger partial charge in [0.05, 0.1) is 25.4 Å². The average molecular weight is 321 g/mol. The van der Waals surface area contributed by atoms with Gasteiger partial charge >= 0.3 is 11.9 Å². The van der Waals surface area contributed by atoms with E-state index < -0.39 is 11.9 Å². The van der Waals surface area contributed by atoms with Crippen LogP contribution in [0.5, 0.6) is 0 Å². The average Bonchev–Trinajstić information content (AvgIpc) is 3.11. The van der Waals surface area contributed by atoms with Crippen LogP contribution in [0.25, 0.3) is 0 Å². The van der Waals surface area contributed by atoms with E-state index in [1.807, 2.05) is 6.08 Å². The van der Waals surface area contributed by atoms with Crippen LogP contribution in [0.3, 0.4) is 0 Å². The standard InChI is InChI=1S/C18H27NO4/c1-22-17(20)14-10-6-4-3-5-7-11-15(16(14)18(21)23-2)19-12-8-9-13-19/h10H,3-9,11-13H2,1-2H3/b14-10+,16-15-. The predicted molar refractivity (Wildman–Crippen MR) is 87.7 cm³/mol. The Morgan fingerprint density at radius 1 is 0.913 bits per heavy atom. The van der Waals surface area contributed by atoms with E-state index in [1.165, 1.54) is 14.2 Å². The topological polar surface area (TPSA) is 55.8 Å². The smallest absolute Gasteiger partial charge is 0.340 e. The highest BCUT2D eigenvalue weighted by molar-refractivity contribution is 6.07. The molecular weight excluding hydrogens is 294 g/mol. The van der Waals surface area contributed by atoms with Crippen LogP contribution in [0.15, 0.2) is 22.9 Å². The summed E-state index contributed by atoms with van der Waals surface area (Å²) in [7, 11) is 2.72. The second-order valence-electron chi connectivity index (χ2n) is 6.07. The van der Waals surface area contributed by atoms with Crippen molar-refractivity contribution in [2.24, 2.45) is 0 Å². The molecule has 1 aliphatic carbocycles. The summed E-state index contributed by atoms with van der Waals surface area (Å²) >= 11 is 0. The fraction of sp³-hybridized carbons (Fsp3) is 0.667. The third-order valence-electron chi connectivity index (χ3n) is 4.56. The van der Waals surface area contributed by atoms with Crippen molar-refractivity contribution in [3.63, 3.8) is 0 Å². The van der Waals surface area contributed by atoms with Gasteiger partial charge in [0, 0.05) is 18.8 Å². The molecule has 2 rings (SSSR count). The van der Waals surface area contributed by atoms with Gasteiger partial charge in [0.2, 0.25) is 0 Å². The van der Waals surface area contributed by atoms with Gasteiger partial charge in [-0.1, -0.05) is 18.9 Å². The van der Waals surface area contributed by atoms with E-state index in [1.54, 1.807) is 0 Å². The molecule has 2 aliphatic rings. The van der Waals surface area contributed by atoms with Crippen molar-refractivity contribution in [3.8, 4) is 0 Å². The minimum Gasteiger partial charge on any atom is -0.465 e. The van der Waals surface area contributed by atoms with Crippen molar-refractivity contribution in [1.29, 1.82) is 0 Å². The van der Waals surface area contributed by atoms with Crippen molar-refractivity contribution in [2.45, 2.75) is 51.4 Å². The summed E-state index contributed by atoms with van der Waals surface area (Å²) in [5.41, 5.74) is 1.72. The Labute approximate surface area is 138 Å². The molecule has 0 spiro atoms. The molecule has 0 N–H and O–H groups in total. The molecule has 0 radical (unpaired) electrons. The van der Waals surface area contributed by atoms with Gasteiger partial charge in [-0.15, -0.1) is 0 Å². The molecule has 128 valence electrons. The van der Waals surface area contributed by atoms with Gasteiger partial charge in [-0.25, -0.2) is 9.59 Å². The van der Waals surface area contributed by atoms with Gasteiger partial charge in [0.15, 0.2) is 0 Å². The molecule has 0 unspecified atom stereocenters. The van der Waals surface area contributed by atoms with Crippen molar-refractivity contribution in [1.82, 2.24) is 4.90 Å². The third kappa shape index (κ3) is 4.36. The number of hydrogen-bond donors (Lipinski definition) is 0. The van der Waals surface area contributed by atoms with Gasteiger partial charge in [0.1, 0.15) is 0 Å². The monoisotopic (exact) mass is 321 g/mol. The Bertz CT molecular complexity index is 501. The SMILES string of the molecule is COC(=O)C1=C(\N2CCCC2)CCCCCC/C=C\1C(=O)OC. The van der Waals surface area contributed by atoms with E-state index in [0.29, 0.717) is 11.1 Å². The zero-order valence-electron chi connectivity index (χ0n) is 14.2. The second-order valence-corrected chi connectivity index (χ2v) is 6.07. The largest absolute Gasteiger partial charge is 0.465 e. The Morgan fingerprint density at radius 3 is 2.22 bits per heavy atom. The minimum atomic E-state index is -0.456. The molecule has 5 nitrogen and oxygen atoms in total. The summed E-state index contributed by atoms with van der Waals surface area (Å²) in [5.74, 6) is -0.896. The van der Waals surface area contributed by atoms with Crippen LogP contribution in [0, 0.1) is 0 Å². The molecule has 0 aromatic rings. The highest BCUT2D eigenvalue weighted by atomic mass is 16.5. The maximum absolute atomic E-state index is 12.5. The fourth-order valence-corrected chi connectivity index (χ4v) is 3.35. The van der Waals surface area contributed by atoms with Crippen LogP contribution in [-0.4, -0.2) is 44.1 Å². The van der Waals surface area contributed by atoms with Crippen LogP contribution in [-0.2, 0) is 19.1 Å². The van der Waals surface area contributed by atoms with E-state index in [0.717, 1.165) is 70.2 Å². The number of hydrogen-bond acceptors (Lipinski definition) is 5. The number of carbonyl (C=O) groups excluding carboxylic acids is 2. The van der Waals surface area contributed by atoms with E-state index in [9.17, 15) is 9.59 Å². The van der Waals surface area contributed by atoms with Crippen LogP contribution < -0.4 is 0 Å². The first-order valence-electron chi connectivity index (χ1n) is 8.54. The molecule has 0 atom stereocenters. The lowest BCUT2D eigenvalue weighted by Gasteiger charge is -2.26. The first kappa shape index (κ1) is 17.6. The zero-order valence-corrected chi connectivity index (χ0v) is 14.2. The molecule has 1 saturated heterocycles. The molecule has 0 aromatic heterocycles. The molecule has 0 bridgehead atoms. The molecule has 1 fully saturated rings. The van der Waals surface area contributed by atoms with E-state index in [4.69, 9.17) is 9.47 Å². The Morgan fingerprint density at radius 2 is 1.57 bits per heavy atom. The zero-order chi connectivity index (χ0) is 16.7. The summed E-state index contributed by atoms with van der Waals surface area (Å²) < 4.78 is 9.93. The lowest BCUT2D eigenvalue weighted by atomic mass is 9.95. The Hall–Kier alpha value is -1.78. The number of allylic oxidation sites excluding steroid dienone is 2. The van der Waals surface area contributed by atoms with Crippen molar-refractivity contribution in [3.05, 3.63) is 22.9 Å². The maximum Gasteiger partial charge on any atom is 0.340 e. The molecule has 5 heteroatoms. The molecule has 0 aromatic carbocycles. The molecular formula is C18H27NO4. The van der Waals surface area contributed by atoms with Crippen LogP contribution in [0.1, 0.15) is 51.4 Å². The van der Waals surface area contributed by atoms with Crippen LogP contribution in [0.4, 0.5) is 0 Å². The number of methoxy groups -OCH3 is 2. The summed E-state index contributed by atoms with van der Waals surface area (Å²) in [6.45, 7) is 1.87. The van der Waals surface area contributed by atoms with Gasteiger partial charge in [-0.2, -0.15) is 0 Å². The minimum absolute atomic E-state index is 0.364. The van der Waals surface area contributed by atoms with E-state index >= 15 is 0 Å². The summed E-state index contributed by atoms with van der Waals surface area (Å²) in [6.07, 6.45) is 10.0.